The number of carboxylic acid groups (broad SMARTS) is 2. The van der Waals surface area contributed by atoms with Gasteiger partial charge in [-0.15, -0.1) is 0 Å². The van der Waals surface area contributed by atoms with Crippen molar-refractivity contribution in [3.05, 3.63) is 69.8 Å². The van der Waals surface area contributed by atoms with Crippen LogP contribution in [0.15, 0.2) is 36.4 Å². The summed E-state index contributed by atoms with van der Waals surface area (Å²) in [6.45, 7) is 9.71. The van der Waals surface area contributed by atoms with Gasteiger partial charge in [-0.2, -0.15) is 9.78 Å². The first-order chi connectivity index (χ1) is 16.5. The number of hydrogen-bond acceptors (Lipinski definition) is 9. The van der Waals surface area contributed by atoms with Crippen LogP contribution < -0.4 is 0 Å². The van der Waals surface area contributed by atoms with Gasteiger partial charge in [0.05, 0.1) is 22.3 Å². The molecule has 0 saturated carbocycles. The van der Waals surface area contributed by atoms with Gasteiger partial charge in [-0.25, -0.2) is 19.2 Å². The Hall–Kier alpha value is -4.09. The number of carbonyl (C=O) groups is 5. The Labute approximate surface area is 206 Å². The Morgan fingerprint density at radius 3 is 1.19 bits per heavy atom. The van der Waals surface area contributed by atoms with E-state index in [1.807, 2.05) is 0 Å². The second kappa shape index (κ2) is 10.7. The van der Waals surface area contributed by atoms with E-state index < -0.39 is 52.0 Å². The second-order valence-electron chi connectivity index (χ2n) is 9.59. The standard InChI is InChI=1S/C25H26O11/c1-24(2,3)35-33-22(31)15-9-7-13(11-17(15)20(27)28)19(26)14-8-10-16(18(12-14)21(29)30)23(32)34-36-25(4,5)6/h7-12H,1-6H3,(H,27,28)(H,29,30). The van der Waals surface area contributed by atoms with Crippen LogP contribution in [0, 0.1) is 0 Å². The van der Waals surface area contributed by atoms with Gasteiger partial charge in [-0.1, -0.05) is 12.1 Å². The summed E-state index contributed by atoms with van der Waals surface area (Å²) in [4.78, 5) is 80.2. The zero-order valence-corrected chi connectivity index (χ0v) is 20.5. The molecule has 0 heterocycles. The van der Waals surface area contributed by atoms with Crippen LogP contribution in [0.5, 0.6) is 0 Å². The molecule has 2 rings (SSSR count). The van der Waals surface area contributed by atoms with Crippen LogP contribution in [0.4, 0.5) is 0 Å². The Bertz CT molecular complexity index is 1120. The van der Waals surface area contributed by atoms with Gasteiger partial charge in [0.1, 0.15) is 11.2 Å². The molecule has 0 spiro atoms. The van der Waals surface area contributed by atoms with E-state index in [9.17, 15) is 34.2 Å². The summed E-state index contributed by atoms with van der Waals surface area (Å²) >= 11 is 0. The lowest BCUT2D eigenvalue weighted by Gasteiger charge is -2.17. The number of hydrogen-bond donors (Lipinski definition) is 2. The van der Waals surface area contributed by atoms with E-state index in [0.29, 0.717) is 0 Å². The molecule has 11 heteroatoms. The topological polar surface area (TPSA) is 163 Å². The van der Waals surface area contributed by atoms with Gasteiger partial charge in [0, 0.05) is 11.1 Å². The van der Waals surface area contributed by atoms with Crippen molar-refractivity contribution in [2.45, 2.75) is 52.7 Å². The number of carbonyl (C=O) groups excluding carboxylic acids is 3. The fraction of sp³-hybridized carbons (Fsp3) is 0.320. The maximum atomic E-state index is 13.0. The predicted molar refractivity (Wildman–Crippen MR) is 123 cm³/mol. The molecule has 0 fully saturated rings. The first-order valence-electron chi connectivity index (χ1n) is 10.6. The summed E-state index contributed by atoms with van der Waals surface area (Å²) in [7, 11) is 0. The van der Waals surface area contributed by atoms with Gasteiger partial charge in [0.25, 0.3) is 0 Å². The van der Waals surface area contributed by atoms with E-state index in [1.165, 1.54) is 12.1 Å². The zero-order chi connectivity index (χ0) is 27.4. The highest BCUT2D eigenvalue weighted by Gasteiger charge is 2.26. The Kier molecular flexibility index (Phi) is 8.34. The molecule has 0 aliphatic carbocycles. The molecule has 2 aromatic carbocycles. The summed E-state index contributed by atoms with van der Waals surface area (Å²) in [6.07, 6.45) is 0. The number of ketones is 1. The normalized spacial score (nSPS) is 11.5. The number of carboxylic acids is 2. The quantitative estimate of drug-likeness (QED) is 0.304. The summed E-state index contributed by atoms with van der Waals surface area (Å²) in [5.41, 5.74) is -3.74. The van der Waals surface area contributed by atoms with E-state index in [1.54, 1.807) is 41.5 Å². The van der Waals surface area contributed by atoms with Crippen molar-refractivity contribution >= 4 is 29.7 Å². The minimum Gasteiger partial charge on any atom is -0.478 e. The highest BCUT2D eigenvalue weighted by Crippen LogP contribution is 2.21. The van der Waals surface area contributed by atoms with Crippen LogP contribution >= 0.6 is 0 Å². The number of benzene rings is 2. The molecule has 36 heavy (non-hydrogen) atoms. The maximum absolute atomic E-state index is 13.0. The fourth-order valence-electron chi connectivity index (χ4n) is 2.66. The minimum absolute atomic E-state index is 0.150. The van der Waals surface area contributed by atoms with Crippen molar-refractivity contribution in [2.24, 2.45) is 0 Å². The van der Waals surface area contributed by atoms with Crippen LogP contribution in [0.25, 0.3) is 0 Å². The summed E-state index contributed by atoms with van der Waals surface area (Å²) < 4.78 is 0. The highest BCUT2D eigenvalue weighted by atomic mass is 17.2. The molecule has 0 amide bonds. The van der Waals surface area contributed by atoms with Crippen LogP contribution in [-0.4, -0.2) is 51.1 Å². The summed E-state index contributed by atoms with van der Waals surface area (Å²) in [5.74, 6) is -5.91. The zero-order valence-electron chi connectivity index (χ0n) is 20.5. The van der Waals surface area contributed by atoms with Gasteiger partial charge in [-0.3, -0.25) is 14.6 Å². The molecule has 0 radical (unpaired) electrons. The van der Waals surface area contributed by atoms with Crippen molar-refractivity contribution in [2.75, 3.05) is 0 Å². The molecule has 0 aromatic heterocycles. The lowest BCUT2D eigenvalue weighted by atomic mass is 9.95. The molecule has 0 unspecified atom stereocenters. The Morgan fingerprint density at radius 2 is 0.917 bits per heavy atom. The van der Waals surface area contributed by atoms with Crippen LogP contribution in [0.2, 0.25) is 0 Å². The third-order valence-electron chi connectivity index (χ3n) is 4.20. The van der Waals surface area contributed by atoms with E-state index in [4.69, 9.17) is 9.78 Å². The molecule has 0 aliphatic heterocycles. The van der Waals surface area contributed by atoms with Crippen LogP contribution in [0.3, 0.4) is 0 Å². The van der Waals surface area contributed by atoms with E-state index in [-0.39, 0.29) is 22.3 Å². The number of aromatic carboxylic acids is 2. The predicted octanol–water partition coefficient (Wildman–Crippen LogP) is 4.09. The van der Waals surface area contributed by atoms with Crippen molar-refractivity contribution in [1.29, 1.82) is 0 Å². The fourth-order valence-corrected chi connectivity index (χ4v) is 2.66. The van der Waals surface area contributed by atoms with Crippen molar-refractivity contribution < 1.29 is 53.7 Å². The van der Waals surface area contributed by atoms with Crippen molar-refractivity contribution in [3.63, 3.8) is 0 Å². The van der Waals surface area contributed by atoms with Crippen molar-refractivity contribution in [1.82, 2.24) is 0 Å². The lowest BCUT2D eigenvalue weighted by molar-refractivity contribution is -0.301. The van der Waals surface area contributed by atoms with Gasteiger partial charge in [-0.05, 0) is 65.8 Å². The average molecular weight is 502 g/mol. The van der Waals surface area contributed by atoms with Gasteiger partial charge in [0.15, 0.2) is 5.78 Å². The van der Waals surface area contributed by atoms with Crippen LogP contribution in [0.1, 0.15) is 98.9 Å². The number of rotatable bonds is 8. The van der Waals surface area contributed by atoms with E-state index >= 15 is 0 Å². The Morgan fingerprint density at radius 1 is 0.583 bits per heavy atom. The first-order valence-corrected chi connectivity index (χ1v) is 10.6. The minimum atomic E-state index is -1.50. The molecule has 0 atom stereocenters. The molecule has 2 N–H and O–H groups in total. The third-order valence-corrected chi connectivity index (χ3v) is 4.20. The van der Waals surface area contributed by atoms with Gasteiger partial charge in [0.2, 0.25) is 0 Å². The van der Waals surface area contributed by atoms with E-state index in [2.05, 4.69) is 9.78 Å². The summed E-state index contributed by atoms with van der Waals surface area (Å²) in [6, 6.07) is 6.44. The summed E-state index contributed by atoms with van der Waals surface area (Å²) in [5, 5.41) is 19.1. The third kappa shape index (κ3) is 7.45. The SMILES string of the molecule is CC(C)(C)OOC(=O)c1ccc(C(=O)c2ccc(C(=O)OOC(C)(C)C)c(C(=O)O)c2)cc1C(=O)O. The molecule has 0 saturated heterocycles. The molecule has 0 bridgehead atoms. The maximum Gasteiger partial charge on any atom is 0.373 e. The lowest BCUT2D eigenvalue weighted by Crippen LogP contribution is -2.23. The Balaban J connectivity index is 2.40. The first kappa shape index (κ1) is 28.1. The van der Waals surface area contributed by atoms with E-state index in [0.717, 1.165) is 24.3 Å². The highest BCUT2D eigenvalue weighted by molar-refractivity contribution is 6.13. The molecular formula is C25H26O11. The molecule has 2 aromatic rings. The van der Waals surface area contributed by atoms with Gasteiger partial charge < -0.3 is 10.2 Å². The second-order valence-corrected chi connectivity index (χ2v) is 9.59. The molecule has 11 nitrogen and oxygen atoms in total. The van der Waals surface area contributed by atoms with Crippen LogP contribution in [-0.2, 0) is 19.6 Å². The van der Waals surface area contributed by atoms with Crippen molar-refractivity contribution in [3.8, 4) is 0 Å². The molecule has 0 aliphatic rings. The smallest absolute Gasteiger partial charge is 0.373 e. The largest absolute Gasteiger partial charge is 0.478 e. The molecular weight excluding hydrogens is 476 g/mol. The molecule has 192 valence electrons. The van der Waals surface area contributed by atoms with Gasteiger partial charge >= 0.3 is 23.9 Å². The monoisotopic (exact) mass is 502 g/mol. The average Bonchev–Trinajstić information content (AvgIpc) is 2.78.